The first-order chi connectivity index (χ1) is 8.45. The van der Waals surface area contributed by atoms with E-state index in [2.05, 4.69) is 0 Å². The summed E-state index contributed by atoms with van der Waals surface area (Å²) < 4.78 is 5.20. The molecule has 1 N–H and O–H groups in total. The number of aliphatic carboxylic acids is 1. The molecule has 0 radical (unpaired) electrons. The van der Waals surface area contributed by atoms with Gasteiger partial charge in [-0.3, -0.25) is 9.59 Å². The van der Waals surface area contributed by atoms with Gasteiger partial charge < -0.3 is 14.7 Å². The lowest BCUT2D eigenvalue weighted by Crippen LogP contribution is -2.31. The van der Waals surface area contributed by atoms with Crippen LogP contribution in [-0.4, -0.2) is 30.6 Å². The number of aryl methyl sites for hydroxylation is 1. The molecule has 0 bridgehead atoms. The van der Waals surface area contributed by atoms with Crippen LogP contribution in [0.15, 0.2) is 18.2 Å². The highest BCUT2D eigenvalue weighted by Gasteiger charge is 2.17. The van der Waals surface area contributed by atoms with Gasteiger partial charge in [-0.2, -0.15) is 0 Å². The maximum atomic E-state index is 11.6. The minimum Gasteiger partial charge on any atom is -0.495 e. The zero-order valence-corrected chi connectivity index (χ0v) is 10.8. The van der Waals surface area contributed by atoms with Crippen molar-refractivity contribution in [2.75, 3.05) is 18.6 Å². The summed E-state index contributed by atoms with van der Waals surface area (Å²) in [4.78, 5) is 23.6. The summed E-state index contributed by atoms with van der Waals surface area (Å²) in [6.45, 7) is 3.44. The highest BCUT2D eigenvalue weighted by atomic mass is 16.5. The molecule has 1 aromatic carbocycles. The fourth-order valence-corrected chi connectivity index (χ4v) is 1.67. The van der Waals surface area contributed by atoms with Crippen LogP contribution in [0.5, 0.6) is 5.75 Å². The number of carboxylic acid groups (broad SMARTS) is 1. The van der Waals surface area contributed by atoms with Crippen LogP contribution in [0.4, 0.5) is 5.69 Å². The summed E-state index contributed by atoms with van der Waals surface area (Å²) in [6, 6.07) is 5.45. The number of anilines is 1. The summed E-state index contributed by atoms with van der Waals surface area (Å²) >= 11 is 0. The van der Waals surface area contributed by atoms with Crippen LogP contribution in [0.3, 0.4) is 0 Å². The second-order valence-electron chi connectivity index (χ2n) is 3.99. The average Bonchev–Trinajstić information content (AvgIpc) is 2.28. The number of benzene rings is 1. The van der Waals surface area contributed by atoms with Crippen LogP contribution in [0.1, 0.15) is 18.9 Å². The van der Waals surface area contributed by atoms with Gasteiger partial charge in [0.05, 0.1) is 19.2 Å². The normalized spacial score (nSPS) is 9.94. The smallest absolute Gasteiger partial charge is 0.305 e. The zero-order valence-electron chi connectivity index (χ0n) is 10.8. The minimum atomic E-state index is -0.937. The van der Waals surface area contributed by atoms with Crippen molar-refractivity contribution < 1.29 is 19.4 Å². The molecule has 0 aliphatic heterocycles. The van der Waals surface area contributed by atoms with Gasteiger partial charge in [0, 0.05) is 13.5 Å². The van der Waals surface area contributed by atoms with Crippen molar-refractivity contribution in [3.63, 3.8) is 0 Å². The molecule has 5 heteroatoms. The summed E-state index contributed by atoms with van der Waals surface area (Å²) in [5.41, 5.74) is 1.58. The van der Waals surface area contributed by atoms with E-state index in [4.69, 9.17) is 9.84 Å². The Labute approximate surface area is 106 Å². The molecule has 1 amide bonds. The average molecular weight is 251 g/mol. The van der Waals surface area contributed by atoms with Crippen LogP contribution in [0, 0.1) is 6.92 Å². The summed E-state index contributed by atoms with van der Waals surface area (Å²) in [5.74, 6) is -0.589. The molecular weight excluding hydrogens is 234 g/mol. The lowest BCUT2D eigenvalue weighted by molar-refractivity contribution is -0.136. The number of carbonyl (C=O) groups excluding carboxylic acids is 1. The van der Waals surface area contributed by atoms with Gasteiger partial charge in [0.2, 0.25) is 5.91 Å². The lowest BCUT2D eigenvalue weighted by atomic mass is 10.2. The van der Waals surface area contributed by atoms with Crippen LogP contribution >= 0.6 is 0 Å². The molecule has 0 saturated carbocycles. The maximum absolute atomic E-state index is 11.6. The standard InChI is InChI=1S/C13H17NO4/c1-9-4-5-12(18-3)11(8-9)14(10(2)15)7-6-13(16)17/h4-5,8H,6-7H2,1-3H3,(H,16,17). The van der Waals surface area contributed by atoms with Crippen molar-refractivity contribution in [2.45, 2.75) is 20.3 Å². The number of amides is 1. The number of methoxy groups -OCH3 is 1. The molecule has 0 fully saturated rings. The van der Waals surface area contributed by atoms with E-state index in [0.29, 0.717) is 11.4 Å². The van der Waals surface area contributed by atoms with E-state index in [9.17, 15) is 9.59 Å². The van der Waals surface area contributed by atoms with Crippen molar-refractivity contribution in [1.82, 2.24) is 0 Å². The van der Waals surface area contributed by atoms with Crippen molar-refractivity contribution in [3.05, 3.63) is 23.8 Å². The van der Waals surface area contributed by atoms with Gasteiger partial charge in [-0.05, 0) is 24.6 Å². The van der Waals surface area contributed by atoms with Gasteiger partial charge >= 0.3 is 5.97 Å². The van der Waals surface area contributed by atoms with Gasteiger partial charge in [0.25, 0.3) is 0 Å². The van der Waals surface area contributed by atoms with Crippen LogP contribution in [-0.2, 0) is 9.59 Å². The topological polar surface area (TPSA) is 66.8 Å². The molecule has 98 valence electrons. The Kier molecular flexibility index (Phi) is 4.71. The Bertz CT molecular complexity index is 456. The third-order valence-electron chi connectivity index (χ3n) is 2.55. The van der Waals surface area contributed by atoms with E-state index in [1.807, 2.05) is 19.1 Å². The van der Waals surface area contributed by atoms with Gasteiger partial charge in [0.1, 0.15) is 5.75 Å². The molecule has 0 spiro atoms. The van der Waals surface area contributed by atoms with E-state index in [1.165, 1.54) is 18.9 Å². The van der Waals surface area contributed by atoms with Gasteiger partial charge in [-0.1, -0.05) is 6.07 Å². The van der Waals surface area contributed by atoms with Gasteiger partial charge in [-0.15, -0.1) is 0 Å². The maximum Gasteiger partial charge on any atom is 0.305 e. The lowest BCUT2D eigenvalue weighted by Gasteiger charge is -2.23. The molecule has 1 rings (SSSR count). The van der Waals surface area contributed by atoms with Crippen molar-refractivity contribution in [3.8, 4) is 5.75 Å². The molecule has 5 nitrogen and oxygen atoms in total. The Hall–Kier alpha value is -2.04. The first-order valence-electron chi connectivity index (χ1n) is 5.60. The second-order valence-corrected chi connectivity index (χ2v) is 3.99. The number of rotatable bonds is 5. The number of ether oxygens (including phenoxy) is 1. The highest BCUT2D eigenvalue weighted by molar-refractivity contribution is 5.93. The molecule has 18 heavy (non-hydrogen) atoms. The predicted molar refractivity (Wildman–Crippen MR) is 68.0 cm³/mol. The Balaban J connectivity index is 3.08. The Morgan fingerprint density at radius 2 is 2.06 bits per heavy atom. The number of carbonyl (C=O) groups is 2. The fourth-order valence-electron chi connectivity index (χ4n) is 1.67. The predicted octanol–water partition coefficient (Wildman–Crippen LogP) is 1.83. The van der Waals surface area contributed by atoms with Crippen LogP contribution < -0.4 is 9.64 Å². The van der Waals surface area contributed by atoms with Gasteiger partial charge in [0.15, 0.2) is 0 Å². The number of hydrogen-bond donors (Lipinski definition) is 1. The van der Waals surface area contributed by atoms with Crippen molar-refractivity contribution in [1.29, 1.82) is 0 Å². The van der Waals surface area contributed by atoms with E-state index in [0.717, 1.165) is 5.56 Å². The molecule has 0 aliphatic carbocycles. The van der Waals surface area contributed by atoms with Crippen molar-refractivity contribution in [2.24, 2.45) is 0 Å². The van der Waals surface area contributed by atoms with Crippen LogP contribution in [0.25, 0.3) is 0 Å². The molecule has 0 aliphatic rings. The summed E-state index contributed by atoms with van der Waals surface area (Å²) in [5, 5.41) is 8.70. The first kappa shape index (κ1) is 14.0. The third kappa shape index (κ3) is 3.48. The van der Waals surface area contributed by atoms with E-state index >= 15 is 0 Å². The minimum absolute atomic E-state index is 0.101. The fraction of sp³-hybridized carbons (Fsp3) is 0.385. The summed E-state index contributed by atoms with van der Waals surface area (Å²) in [6.07, 6.45) is -0.101. The molecule has 1 aromatic rings. The SMILES string of the molecule is COc1ccc(C)cc1N(CCC(=O)O)C(C)=O. The molecule has 0 atom stereocenters. The number of carboxylic acids is 1. The number of hydrogen-bond acceptors (Lipinski definition) is 3. The molecule has 0 heterocycles. The highest BCUT2D eigenvalue weighted by Crippen LogP contribution is 2.29. The second kappa shape index (κ2) is 6.05. The quantitative estimate of drug-likeness (QED) is 0.867. The first-order valence-corrected chi connectivity index (χ1v) is 5.60. The molecule has 0 unspecified atom stereocenters. The summed E-state index contributed by atoms with van der Waals surface area (Å²) in [7, 11) is 1.52. The van der Waals surface area contributed by atoms with Crippen LogP contribution in [0.2, 0.25) is 0 Å². The molecule has 0 aromatic heterocycles. The third-order valence-corrected chi connectivity index (χ3v) is 2.55. The van der Waals surface area contributed by atoms with E-state index in [1.54, 1.807) is 6.07 Å². The zero-order chi connectivity index (χ0) is 13.7. The van der Waals surface area contributed by atoms with E-state index < -0.39 is 5.97 Å². The Morgan fingerprint density at radius 3 is 2.56 bits per heavy atom. The largest absolute Gasteiger partial charge is 0.495 e. The molecule has 0 saturated heterocycles. The van der Waals surface area contributed by atoms with Crippen molar-refractivity contribution >= 4 is 17.6 Å². The molecular formula is C13H17NO4. The monoisotopic (exact) mass is 251 g/mol. The number of nitrogens with zero attached hydrogens (tertiary/aromatic N) is 1. The van der Waals surface area contributed by atoms with Gasteiger partial charge in [-0.25, -0.2) is 0 Å². The Morgan fingerprint density at radius 1 is 1.39 bits per heavy atom. The van der Waals surface area contributed by atoms with E-state index in [-0.39, 0.29) is 18.9 Å².